The second-order valence-corrected chi connectivity index (χ2v) is 4.57. The number of ether oxygens (including phenoxy) is 1. The van der Waals surface area contributed by atoms with Crippen LogP contribution < -0.4 is 0 Å². The van der Waals surface area contributed by atoms with Crippen molar-refractivity contribution in [2.75, 3.05) is 0 Å². The number of carbonyl (C=O) groups is 1. The fourth-order valence-electron chi connectivity index (χ4n) is 1.01. The standard InChI is InChI=1S/C11H13BrO3/c1-8(12)11(14)15-7-10-4-2-9(6-13)3-5-10/h2-5,8,13H,6-7H2,1H3. The Hall–Kier alpha value is -0.870. The van der Waals surface area contributed by atoms with Crippen LogP contribution in [0, 0.1) is 0 Å². The van der Waals surface area contributed by atoms with Crippen LogP contribution in [0.3, 0.4) is 0 Å². The van der Waals surface area contributed by atoms with Gasteiger partial charge in [0.25, 0.3) is 0 Å². The van der Waals surface area contributed by atoms with Gasteiger partial charge in [0.2, 0.25) is 0 Å². The molecule has 0 saturated heterocycles. The van der Waals surface area contributed by atoms with Gasteiger partial charge in [-0.1, -0.05) is 40.2 Å². The summed E-state index contributed by atoms with van der Waals surface area (Å²) in [5.74, 6) is -0.277. The van der Waals surface area contributed by atoms with E-state index in [2.05, 4.69) is 15.9 Å². The maximum Gasteiger partial charge on any atom is 0.319 e. The molecule has 0 spiro atoms. The van der Waals surface area contributed by atoms with Crippen molar-refractivity contribution in [2.45, 2.75) is 25.0 Å². The number of aliphatic hydroxyl groups excluding tert-OH is 1. The summed E-state index contributed by atoms with van der Waals surface area (Å²) in [6, 6.07) is 7.27. The maximum atomic E-state index is 11.1. The third-order valence-corrected chi connectivity index (χ3v) is 2.29. The van der Waals surface area contributed by atoms with Gasteiger partial charge >= 0.3 is 5.97 Å². The molecule has 0 aliphatic carbocycles. The van der Waals surface area contributed by atoms with E-state index in [0.29, 0.717) is 0 Å². The highest BCUT2D eigenvalue weighted by molar-refractivity contribution is 9.10. The Bertz CT molecular complexity index is 319. The normalized spacial score (nSPS) is 12.2. The molecule has 0 heterocycles. The Morgan fingerprint density at radius 1 is 1.40 bits per heavy atom. The molecule has 0 radical (unpaired) electrons. The van der Waals surface area contributed by atoms with Crippen LogP contribution in [-0.2, 0) is 22.7 Å². The minimum absolute atomic E-state index is 0.0263. The maximum absolute atomic E-state index is 11.1. The van der Waals surface area contributed by atoms with Gasteiger partial charge in [0, 0.05) is 0 Å². The first-order valence-electron chi connectivity index (χ1n) is 4.63. The molecule has 0 aliphatic rings. The summed E-state index contributed by atoms with van der Waals surface area (Å²) in [5.41, 5.74) is 1.76. The minimum Gasteiger partial charge on any atom is -0.460 e. The van der Waals surface area contributed by atoms with Crippen LogP contribution in [0.4, 0.5) is 0 Å². The number of aliphatic hydroxyl groups is 1. The number of alkyl halides is 1. The van der Waals surface area contributed by atoms with Crippen LogP contribution in [0.25, 0.3) is 0 Å². The Balaban J connectivity index is 2.47. The van der Waals surface area contributed by atoms with E-state index < -0.39 is 0 Å². The molecule has 0 aliphatic heterocycles. The van der Waals surface area contributed by atoms with E-state index in [0.717, 1.165) is 11.1 Å². The zero-order chi connectivity index (χ0) is 11.3. The van der Waals surface area contributed by atoms with E-state index >= 15 is 0 Å². The number of hydrogen-bond acceptors (Lipinski definition) is 3. The van der Waals surface area contributed by atoms with Crippen molar-refractivity contribution >= 4 is 21.9 Å². The van der Waals surface area contributed by atoms with E-state index in [-0.39, 0.29) is 24.0 Å². The molecular formula is C11H13BrO3. The predicted molar refractivity (Wildman–Crippen MR) is 60.5 cm³/mol. The molecule has 0 saturated carbocycles. The zero-order valence-corrected chi connectivity index (χ0v) is 10.0. The summed E-state index contributed by atoms with van der Waals surface area (Å²) < 4.78 is 5.01. The van der Waals surface area contributed by atoms with Crippen molar-refractivity contribution < 1.29 is 14.6 Å². The SMILES string of the molecule is CC(Br)C(=O)OCc1ccc(CO)cc1. The van der Waals surface area contributed by atoms with E-state index in [9.17, 15) is 4.79 Å². The van der Waals surface area contributed by atoms with E-state index in [4.69, 9.17) is 9.84 Å². The second-order valence-electron chi connectivity index (χ2n) is 3.20. The Morgan fingerprint density at radius 3 is 2.40 bits per heavy atom. The molecule has 3 nitrogen and oxygen atoms in total. The largest absolute Gasteiger partial charge is 0.460 e. The van der Waals surface area contributed by atoms with Gasteiger partial charge in [-0.3, -0.25) is 4.79 Å². The van der Waals surface area contributed by atoms with Gasteiger partial charge in [-0.15, -0.1) is 0 Å². The first-order valence-corrected chi connectivity index (χ1v) is 5.54. The summed E-state index contributed by atoms with van der Waals surface area (Å²) in [7, 11) is 0. The molecule has 1 aromatic rings. The van der Waals surface area contributed by atoms with E-state index in [1.54, 1.807) is 19.1 Å². The van der Waals surface area contributed by atoms with Crippen molar-refractivity contribution in [3.05, 3.63) is 35.4 Å². The number of hydrogen-bond donors (Lipinski definition) is 1. The highest BCUT2D eigenvalue weighted by atomic mass is 79.9. The number of benzene rings is 1. The van der Waals surface area contributed by atoms with Crippen molar-refractivity contribution in [1.29, 1.82) is 0 Å². The van der Waals surface area contributed by atoms with Crippen molar-refractivity contribution in [3.8, 4) is 0 Å². The predicted octanol–water partition coefficient (Wildman–Crippen LogP) is 2.01. The molecule has 1 N–H and O–H groups in total. The fraction of sp³-hybridized carbons (Fsp3) is 0.364. The molecule has 82 valence electrons. The summed E-state index contributed by atoms with van der Waals surface area (Å²) in [5, 5.41) is 8.83. The molecule has 0 fully saturated rings. The number of halogens is 1. The molecule has 1 atom stereocenters. The Labute approximate surface area is 97.2 Å². The topological polar surface area (TPSA) is 46.5 Å². The van der Waals surface area contributed by atoms with E-state index in [1.165, 1.54) is 0 Å². The first kappa shape index (κ1) is 12.2. The van der Waals surface area contributed by atoms with Crippen LogP contribution in [0.15, 0.2) is 24.3 Å². The van der Waals surface area contributed by atoms with E-state index in [1.807, 2.05) is 12.1 Å². The third-order valence-electron chi connectivity index (χ3n) is 1.91. The Kier molecular flexibility index (Phi) is 4.78. The molecule has 0 amide bonds. The van der Waals surface area contributed by atoms with Gasteiger partial charge in [-0.2, -0.15) is 0 Å². The molecule has 4 heteroatoms. The van der Waals surface area contributed by atoms with Crippen LogP contribution in [0.2, 0.25) is 0 Å². The van der Waals surface area contributed by atoms with Gasteiger partial charge in [-0.25, -0.2) is 0 Å². The van der Waals surface area contributed by atoms with Gasteiger partial charge in [0.1, 0.15) is 11.4 Å². The van der Waals surface area contributed by atoms with Gasteiger partial charge in [-0.05, 0) is 18.1 Å². The minimum atomic E-state index is -0.283. The van der Waals surface area contributed by atoms with Gasteiger partial charge in [0.05, 0.1) is 6.61 Å². The molecule has 0 aromatic heterocycles. The molecule has 1 unspecified atom stereocenters. The fourth-order valence-corrected chi connectivity index (χ4v) is 1.14. The third kappa shape index (κ3) is 4.01. The molecular weight excluding hydrogens is 260 g/mol. The molecule has 0 bridgehead atoms. The highest BCUT2D eigenvalue weighted by Crippen LogP contribution is 2.07. The van der Waals surface area contributed by atoms with Crippen LogP contribution in [0.5, 0.6) is 0 Å². The van der Waals surface area contributed by atoms with Gasteiger partial charge < -0.3 is 9.84 Å². The number of rotatable bonds is 4. The molecule has 1 rings (SSSR count). The Morgan fingerprint density at radius 2 is 1.93 bits per heavy atom. The lowest BCUT2D eigenvalue weighted by Crippen LogP contribution is -2.13. The quantitative estimate of drug-likeness (QED) is 0.674. The number of carbonyl (C=O) groups excluding carboxylic acids is 1. The van der Waals surface area contributed by atoms with Crippen molar-refractivity contribution in [3.63, 3.8) is 0 Å². The van der Waals surface area contributed by atoms with Crippen LogP contribution >= 0.6 is 15.9 Å². The van der Waals surface area contributed by atoms with Crippen molar-refractivity contribution in [2.24, 2.45) is 0 Å². The lowest BCUT2D eigenvalue weighted by molar-refractivity contribution is -0.143. The van der Waals surface area contributed by atoms with Gasteiger partial charge in [0.15, 0.2) is 0 Å². The second kappa shape index (κ2) is 5.88. The monoisotopic (exact) mass is 272 g/mol. The molecule has 15 heavy (non-hydrogen) atoms. The van der Waals surface area contributed by atoms with Crippen LogP contribution in [0.1, 0.15) is 18.1 Å². The average Bonchev–Trinajstić information content (AvgIpc) is 2.26. The molecule has 1 aromatic carbocycles. The van der Waals surface area contributed by atoms with Crippen molar-refractivity contribution in [1.82, 2.24) is 0 Å². The smallest absolute Gasteiger partial charge is 0.319 e. The lowest BCUT2D eigenvalue weighted by Gasteiger charge is -2.06. The lowest BCUT2D eigenvalue weighted by atomic mass is 10.1. The summed E-state index contributed by atoms with van der Waals surface area (Å²) >= 11 is 3.13. The van der Waals surface area contributed by atoms with Crippen LogP contribution in [-0.4, -0.2) is 15.9 Å². The summed E-state index contributed by atoms with van der Waals surface area (Å²) in [6.07, 6.45) is 0. The first-order chi connectivity index (χ1) is 7.13. The summed E-state index contributed by atoms with van der Waals surface area (Å²) in [4.78, 5) is 10.8. The zero-order valence-electron chi connectivity index (χ0n) is 8.44. The number of esters is 1. The highest BCUT2D eigenvalue weighted by Gasteiger charge is 2.09. The summed E-state index contributed by atoms with van der Waals surface area (Å²) in [6.45, 7) is 2.01. The average molecular weight is 273 g/mol.